The molecule has 64 heavy (non-hydrogen) atoms. The molecule has 0 spiro atoms. The number of hydrogen-bond donors (Lipinski definition) is 2. The van der Waals surface area contributed by atoms with Crippen molar-refractivity contribution in [2.45, 2.75) is 103 Å². The first-order valence-electron chi connectivity index (χ1n) is 23.8. The zero-order chi connectivity index (χ0) is 44.7. The molecule has 2 aliphatic heterocycles. The maximum absolute atomic E-state index is 11.3. The maximum Gasteiger partial charge on any atom is 0.339 e. The zero-order valence-corrected chi connectivity index (χ0v) is 38.0. The highest BCUT2D eigenvalue weighted by Crippen LogP contribution is 2.36. The van der Waals surface area contributed by atoms with Gasteiger partial charge in [0.1, 0.15) is 35.8 Å². The Balaban J connectivity index is 0.000000192. The summed E-state index contributed by atoms with van der Waals surface area (Å²) < 4.78 is 16.5. The summed E-state index contributed by atoms with van der Waals surface area (Å²) in [6.07, 6.45) is 17.0. The van der Waals surface area contributed by atoms with Crippen molar-refractivity contribution < 1.29 is 29.3 Å². The molecule has 0 bridgehead atoms. The van der Waals surface area contributed by atoms with Gasteiger partial charge >= 0.3 is 11.9 Å². The number of carboxylic acid groups (broad SMARTS) is 2. The van der Waals surface area contributed by atoms with Crippen molar-refractivity contribution in [1.29, 1.82) is 0 Å². The van der Waals surface area contributed by atoms with E-state index in [1.807, 2.05) is 12.1 Å². The van der Waals surface area contributed by atoms with E-state index in [1.54, 1.807) is 36.4 Å². The number of nitrogens with zero attached hydrogens (tertiary/aromatic N) is 4. The lowest BCUT2D eigenvalue weighted by molar-refractivity contribution is 0.0680. The number of likely N-dealkylation sites (tertiary alicyclic amines) is 2. The monoisotopic (exact) mass is 869 g/mol. The van der Waals surface area contributed by atoms with E-state index in [0.717, 1.165) is 78.0 Å². The lowest BCUT2D eigenvalue weighted by Gasteiger charge is -2.31. The fourth-order valence-electron chi connectivity index (χ4n) is 9.65. The fourth-order valence-corrected chi connectivity index (χ4v) is 9.65. The lowest BCUT2D eigenvalue weighted by Crippen LogP contribution is -2.35. The molecule has 0 radical (unpaired) electrons. The van der Waals surface area contributed by atoms with E-state index in [2.05, 4.69) is 93.7 Å². The second kappa shape index (κ2) is 23.4. The van der Waals surface area contributed by atoms with Crippen LogP contribution in [-0.2, 0) is 13.1 Å². The van der Waals surface area contributed by atoms with Crippen LogP contribution in [0, 0.1) is 0 Å². The number of carboxylic acids is 2. The molecule has 10 nitrogen and oxygen atoms in total. The lowest BCUT2D eigenvalue weighted by atomic mass is 9.89. The van der Waals surface area contributed by atoms with Crippen LogP contribution in [0.1, 0.15) is 122 Å². The van der Waals surface area contributed by atoms with Crippen LogP contribution in [0.4, 0.5) is 0 Å². The van der Waals surface area contributed by atoms with Gasteiger partial charge in [0.2, 0.25) is 0 Å². The minimum atomic E-state index is -0.950. The summed E-state index contributed by atoms with van der Waals surface area (Å²) in [5.41, 5.74) is 6.18. The Morgan fingerprint density at radius 3 is 1.36 bits per heavy atom. The Bertz CT molecular complexity index is 2400. The van der Waals surface area contributed by atoms with Crippen LogP contribution >= 0.6 is 0 Å². The molecule has 4 heterocycles. The van der Waals surface area contributed by atoms with Crippen LogP contribution in [-0.4, -0.2) is 93.6 Å². The molecule has 6 aromatic rings. The number of aryl methyl sites for hydroxylation is 2. The standard InChI is InChI=1S/C28H36N2O3.C26H32N2O3/c1-2-3-4-9-16-30-21-25(23-10-5-7-12-26(23)30)22-14-17-29(18-15-22)19-20-33-27-13-8-6-11-24(27)28(31)32;1-2-3-14-28-19-23(21-8-4-6-10-24(21)28)20-12-15-27(16-13-20)17-18-31-25-11-7-5-9-22(25)26(29)30/h5-8,10-13,21-22H,2-4,9,14-20H2,1H3,(H,31,32);4-11,19-20H,2-3,12-18H2,1H3,(H,29,30). The number of piperidine rings is 2. The van der Waals surface area contributed by atoms with Gasteiger partial charge in [0, 0.05) is 60.4 Å². The van der Waals surface area contributed by atoms with Gasteiger partial charge in [0.15, 0.2) is 0 Å². The average Bonchev–Trinajstić information content (AvgIpc) is 3.89. The Labute approximate surface area is 379 Å². The molecule has 2 N–H and O–H groups in total. The van der Waals surface area contributed by atoms with Crippen LogP contribution in [0.15, 0.2) is 109 Å². The molecular formula is C54H68N4O6. The highest BCUT2D eigenvalue weighted by molar-refractivity contribution is 5.91. The van der Waals surface area contributed by atoms with E-state index in [4.69, 9.17) is 9.47 Å². The number of unbranched alkanes of at least 4 members (excludes halogenated alkanes) is 4. The van der Waals surface area contributed by atoms with Gasteiger partial charge in [-0.05, 0) is 124 Å². The molecule has 8 rings (SSSR count). The SMILES string of the molecule is CCCCCCn1cc(C2CCN(CCOc3ccccc3C(=O)O)CC2)c2ccccc21.CCCCn1cc(C2CCN(CCOc3ccccc3C(=O)O)CC2)c2ccccc21. The Kier molecular flexibility index (Phi) is 17.0. The third-order valence-electron chi connectivity index (χ3n) is 13.3. The van der Waals surface area contributed by atoms with Crippen molar-refractivity contribution in [2.24, 2.45) is 0 Å². The molecule has 2 saturated heterocycles. The van der Waals surface area contributed by atoms with Gasteiger partial charge in [-0.25, -0.2) is 9.59 Å². The minimum absolute atomic E-state index is 0.223. The smallest absolute Gasteiger partial charge is 0.339 e. The van der Waals surface area contributed by atoms with Crippen LogP contribution in [0.25, 0.3) is 21.8 Å². The minimum Gasteiger partial charge on any atom is -0.491 e. The van der Waals surface area contributed by atoms with Gasteiger partial charge in [0.05, 0.1) is 0 Å². The molecule has 2 aromatic heterocycles. The topological polar surface area (TPSA) is 109 Å². The Hall–Kier alpha value is -5.58. The molecule has 0 atom stereocenters. The van der Waals surface area contributed by atoms with Crippen LogP contribution in [0.2, 0.25) is 0 Å². The van der Waals surface area contributed by atoms with E-state index in [1.165, 1.54) is 71.5 Å². The van der Waals surface area contributed by atoms with Crippen molar-refractivity contribution in [3.8, 4) is 11.5 Å². The van der Waals surface area contributed by atoms with Gasteiger partial charge in [-0.1, -0.05) is 100 Å². The predicted molar refractivity (Wildman–Crippen MR) is 258 cm³/mol. The van der Waals surface area contributed by atoms with Crippen LogP contribution < -0.4 is 9.47 Å². The highest BCUT2D eigenvalue weighted by atomic mass is 16.5. The Morgan fingerprint density at radius 1 is 0.516 bits per heavy atom. The van der Waals surface area contributed by atoms with Crippen molar-refractivity contribution in [1.82, 2.24) is 18.9 Å². The third kappa shape index (κ3) is 12.0. The first-order valence-corrected chi connectivity index (χ1v) is 23.8. The molecule has 0 amide bonds. The van der Waals surface area contributed by atoms with Gasteiger partial charge in [-0.2, -0.15) is 0 Å². The summed E-state index contributed by atoms with van der Waals surface area (Å²) in [5.74, 6) is 0.191. The van der Waals surface area contributed by atoms with Crippen molar-refractivity contribution in [2.75, 3.05) is 52.5 Å². The number of rotatable bonds is 20. The third-order valence-corrected chi connectivity index (χ3v) is 13.3. The summed E-state index contributed by atoms with van der Waals surface area (Å²) >= 11 is 0. The summed E-state index contributed by atoms with van der Waals surface area (Å²) in [4.78, 5) is 27.5. The van der Waals surface area contributed by atoms with Crippen LogP contribution in [0.5, 0.6) is 11.5 Å². The largest absolute Gasteiger partial charge is 0.491 e. The molecule has 2 fully saturated rings. The first kappa shape index (κ1) is 46.4. The van der Waals surface area contributed by atoms with E-state index in [9.17, 15) is 19.8 Å². The molecule has 4 aromatic carbocycles. The maximum atomic E-state index is 11.3. The van der Waals surface area contributed by atoms with E-state index >= 15 is 0 Å². The number of ether oxygens (including phenoxy) is 2. The number of carbonyl (C=O) groups is 2. The second-order valence-corrected chi connectivity index (χ2v) is 17.5. The average molecular weight is 869 g/mol. The molecule has 2 aliphatic rings. The number of benzene rings is 4. The fraction of sp³-hybridized carbons (Fsp3) is 0.444. The summed E-state index contributed by atoms with van der Waals surface area (Å²) in [6, 6.07) is 31.4. The number of aromatic nitrogens is 2. The second-order valence-electron chi connectivity index (χ2n) is 17.5. The molecule has 0 unspecified atom stereocenters. The summed E-state index contributed by atoms with van der Waals surface area (Å²) in [7, 11) is 0. The molecule has 10 heteroatoms. The Morgan fingerprint density at radius 2 is 0.922 bits per heavy atom. The van der Waals surface area contributed by atoms with E-state index in [-0.39, 0.29) is 11.1 Å². The summed E-state index contributed by atoms with van der Waals surface area (Å²) in [6.45, 7) is 13.5. The van der Waals surface area contributed by atoms with Crippen LogP contribution in [0.3, 0.4) is 0 Å². The van der Waals surface area contributed by atoms with Crippen molar-refractivity contribution >= 4 is 33.7 Å². The van der Waals surface area contributed by atoms with E-state index in [0.29, 0.717) is 36.5 Å². The van der Waals surface area contributed by atoms with Gasteiger partial charge < -0.3 is 28.8 Å². The van der Waals surface area contributed by atoms with Gasteiger partial charge in [-0.3, -0.25) is 9.80 Å². The molecule has 340 valence electrons. The normalized spacial score (nSPS) is 15.3. The zero-order valence-electron chi connectivity index (χ0n) is 38.0. The van der Waals surface area contributed by atoms with Crippen molar-refractivity contribution in [3.05, 3.63) is 132 Å². The number of para-hydroxylation sites is 4. The number of aromatic carboxylic acids is 2. The highest BCUT2D eigenvalue weighted by Gasteiger charge is 2.25. The quantitative estimate of drug-likeness (QED) is 0.0730. The molecular weight excluding hydrogens is 801 g/mol. The summed E-state index contributed by atoms with van der Waals surface area (Å²) in [5, 5.41) is 21.4. The number of fused-ring (bicyclic) bond motifs is 2. The van der Waals surface area contributed by atoms with Gasteiger partial charge in [0.25, 0.3) is 0 Å². The molecule has 0 aliphatic carbocycles. The van der Waals surface area contributed by atoms with Crippen molar-refractivity contribution in [3.63, 3.8) is 0 Å². The number of hydrogen-bond acceptors (Lipinski definition) is 6. The van der Waals surface area contributed by atoms with E-state index < -0.39 is 11.9 Å². The van der Waals surface area contributed by atoms with Gasteiger partial charge in [-0.15, -0.1) is 0 Å². The molecule has 0 saturated carbocycles. The first-order chi connectivity index (χ1) is 31.3. The predicted octanol–water partition coefficient (Wildman–Crippen LogP) is 11.6.